The van der Waals surface area contributed by atoms with Gasteiger partial charge >= 0.3 is 0 Å². The van der Waals surface area contributed by atoms with Crippen LogP contribution in [0.5, 0.6) is 0 Å². The van der Waals surface area contributed by atoms with Gasteiger partial charge in [-0.25, -0.2) is 4.85 Å². The van der Waals surface area contributed by atoms with E-state index in [1.807, 2.05) is 24.3 Å². The van der Waals surface area contributed by atoms with E-state index in [1.165, 1.54) is 10.8 Å². The standard InChI is InChI=1S/C44H26N4/c1-46-33-22-23-44-39(27-33)38-13-5-9-17-43(38)48(44)40-14-6-2-10-35(40)31-20-18-30(19-21-31)32-24-29(28-45)25-34(26-32)47-41-15-7-3-11-36(41)37-12-4-8-16-42(37)47/h2-27H. The van der Waals surface area contributed by atoms with Crippen LogP contribution in [-0.4, -0.2) is 9.13 Å². The van der Waals surface area contributed by atoms with E-state index in [-0.39, 0.29) is 0 Å². The van der Waals surface area contributed by atoms with Crippen molar-refractivity contribution < 1.29 is 0 Å². The molecule has 0 amide bonds. The molecule has 0 N–H and O–H groups in total. The number of aromatic nitrogens is 2. The summed E-state index contributed by atoms with van der Waals surface area (Å²) in [7, 11) is 0. The van der Waals surface area contributed by atoms with Crippen LogP contribution in [0.25, 0.3) is 82.1 Å². The molecule has 0 atom stereocenters. The van der Waals surface area contributed by atoms with Crippen LogP contribution in [-0.2, 0) is 0 Å². The van der Waals surface area contributed by atoms with Crippen LogP contribution in [0.1, 0.15) is 5.56 Å². The number of fused-ring (bicyclic) bond motifs is 6. The second kappa shape index (κ2) is 10.9. The van der Waals surface area contributed by atoms with E-state index in [1.54, 1.807) is 0 Å². The number of hydrogen-bond donors (Lipinski definition) is 0. The maximum absolute atomic E-state index is 10.1. The van der Waals surface area contributed by atoms with Crippen molar-refractivity contribution in [1.29, 1.82) is 5.26 Å². The molecule has 0 radical (unpaired) electrons. The zero-order valence-corrected chi connectivity index (χ0v) is 25.8. The summed E-state index contributed by atoms with van der Waals surface area (Å²) in [6.07, 6.45) is 0. The number of rotatable bonds is 4. The fourth-order valence-corrected chi connectivity index (χ4v) is 7.22. The molecule has 4 heteroatoms. The highest BCUT2D eigenvalue weighted by molar-refractivity contribution is 6.11. The minimum Gasteiger partial charge on any atom is -0.309 e. The summed E-state index contributed by atoms with van der Waals surface area (Å²) in [5, 5.41) is 14.6. The Kier molecular flexibility index (Phi) is 6.22. The molecule has 0 unspecified atom stereocenters. The van der Waals surface area contributed by atoms with Gasteiger partial charge in [0.25, 0.3) is 0 Å². The topological polar surface area (TPSA) is 38.0 Å². The molecule has 0 fully saturated rings. The number of hydrogen-bond acceptors (Lipinski definition) is 1. The van der Waals surface area contributed by atoms with E-state index in [9.17, 15) is 5.26 Å². The minimum absolute atomic E-state index is 0.617. The number of nitrogens with zero attached hydrogens (tertiary/aromatic N) is 4. The van der Waals surface area contributed by atoms with Gasteiger partial charge in [0.2, 0.25) is 0 Å². The molecule has 0 saturated heterocycles. The van der Waals surface area contributed by atoms with Crippen molar-refractivity contribution in [3.05, 3.63) is 175 Å². The lowest BCUT2D eigenvalue weighted by molar-refractivity contribution is 1.18. The van der Waals surface area contributed by atoms with Gasteiger partial charge in [0.15, 0.2) is 5.69 Å². The quantitative estimate of drug-likeness (QED) is 0.183. The first-order valence-electron chi connectivity index (χ1n) is 15.9. The van der Waals surface area contributed by atoms with Gasteiger partial charge in [-0.3, -0.25) is 0 Å². The van der Waals surface area contributed by atoms with Crippen molar-refractivity contribution in [1.82, 2.24) is 9.13 Å². The van der Waals surface area contributed by atoms with Crippen LogP contribution in [0.4, 0.5) is 5.69 Å². The minimum atomic E-state index is 0.617. The Hall–Kier alpha value is -6.88. The third-order valence-electron chi connectivity index (χ3n) is 9.34. The molecule has 222 valence electrons. The van der Waals surface area contributed by atoms with Crippen molar-refractivity contribution in [3.63, 3.8) is 0 Å². The highest BCUT2D eigenvalue weighted by Crippen LogP contribution is 2.39. The Morgan fingerprint density at radius 1 is 0.479 bits per heavy atom. The van der Waals surface area contributed by atoms with Gasteiger partial charge < -0.3 is 9.13 Å². The summed E-state index contributed by atoms with van der Waals surface area (Å²) in [6, 6.07) is 56.8. The van der Waals surface area contributed by atoms with Crippen molar-refractivity contribution in [3.8, 4) is 39.7 Å². The maximum Gasteiger partial charge on any atom is 0.188 e. The van der Waals surface area contributed by atoms with Crippen LogP contribution in [0.2, 0.25) is 0 Å². The molecule has 0 spiro atoms. The summed E-state index contributed by atoms with van der Waals surface area (Å²) >= 11 is 0. The fraction of sp³-hybridized carbons (Fsp3) is 0. The molecule has 2 aromatic heterocycles. The van der Waals surface area contributed by atoms with E-state index in [4.69, 9.17) is 6.57 Å². The van der Waals surface area contributed by atoms with E-state index < -0.39 is 0 Å². The van der Waals surface area contributed by atoms with Crippen LogP contribution in [0, 0.1) is 17.9 Å². The van der Waals surface area contributed by atoms with Gasteiger partial charge in [-0.05, 0) is 76.7 Å². The molecule has 0 saturated carbocycles. The summed E-state index contributed by atoms with van der Waals surface area (Å²) in [6.45, 7) is 7.56. The molecule has 2 heterocycles. The molecule has 7 aromatic carbocycles. The van der Waals surface area contributed by atoms with Crippen LogP contribution in [0.15, 0.2) is 158 Å². The molecular formula is C44H26N4. The Balaban J connectivity index is 1.17. The molecular weight excluding hydrogens is 585 g/mol. The Bertz CT molecular complexity index is 2750. The fourth-order valence-electron chi connectivity index (χ4n) is 7.22. The molecule has 9 aromatic rings. The summed E-state index contributed by atoms with van der Waals surface area (Å²) in [4.78, 5) is 3.69. The zero-order chi connectivity index (χ0) is 32.2. The second-order valence-electron chi connectivity index (χ2n) is 12.0. The first kappa shape index (κ1) is 27.4. The number of para-hydroxylation sites is 4. The second-order valence-corrected chi connectivity index (χ2v) is 12.0. The lowest BCUT2D eigenvalue weighted by atomic mass is 9.97. The van der Waals surface area contributed by atoms with Gasteiger partial charge in [0.1, 0.15) is 0 Å². The third kappa shape index (κ3) is 4.22. The number of benzene rings is 7. The predicted molar refractivity (Wildman–Crippen MR) is 197 cm³/mol. The molecule has 0 aliphatic rings. The summed E-state index contributed by atoms with van der Waals surface area (Å²) in [5.74, 6) is 0. The van der Waals surface area contributed by atoms with Gasteiger partial charge in [-0.15, -0.1) is 0 Å². The highest BCUT2D eigenvalue weighted by atomic mass is 15.0. The zero-order valence-electron chi connectivity index (χ0n) is 25.8. The average Bonchev–Trinajstić information content (AvgIpc) is 3.67. The molecule has 9 rings (SSSR count). The van der Waals surface area contributed by atoms with Crippen molar-refractivity contribution in [2.24, 2.45) is 0 Å². The molecule has 0 aliphatic heterocycles. The smallest absolute Gasteiger partial charge is 0.188 e. The van der Waals surface area contributed by atoms with Crippen molar-refractivity contribution in [2.45, 2.75) is 0 Å². The van der Waals surface area contributed by atoms with Crippen molar-refractivity contribution >= 4 is 49.3 Å². The molecule has 0 aliphatic carbocycles. The normalized spacial score (nSPS) is 11.3. The largest absolute Gasteiger partial charge is 0.309 e. The monoisotopic (exact) mass is 610 g/mol. The van der Waals surface area contributed by atoms with E-state index in [0.717, 1.165) is 66.5 Å². The van der Waals surface area contributed by atoms with Crippen LogP contribution in [0.3, 0.4) is 0 Å². The SMILES string of the molecule is [C-]#[N+]c1ccc2c(c1)c1ccccc1n2-c1ccccc1-c1ccc(-c2cc(C#N)cc(-n3c4ccccc4c4ccccc43)c2)cc1. The summed E-state index contributed by atoms with van der Waals surface area (Å²) < 4.78 is 4.56. The van der Waals surface area contributed by atoms with E-state index in [0.29, 0.717) is 11.3 Å². The predicted octanol–water partition coefficient (Wildman–Crippen LogP) is 11.6. The Morgan fingerprint density at radius 3 is 1.71 bits per heavy atom. The number of nitriles is 1. The Labute approximate surface area is 277 Å². The highest BCUT2D eigenvalue weighted by Gasteiger charge is 2.17. The van der Waals surface area contributed by atoms with Gasteiger partial charge in [-0.2, -0.15) is 5.26 Å². The van der Waals surface area contributed by atoms with Gasteiger partial charge in [-0.1, -0.05) is 103 Å². The summed E-state index contributed by atoms with van der Waals surface area (Å²) in [5.41, 5.74) is 11.9. The first-order valence-corrected chi connectivity index (χ1v) is 15.9. The van der Waals surface area contributed by atoms with Crippen LogP contribution >= 0.6 is 0 Å². The van der Waals surface area contributed by atoms with E-state index >= 15 is 0 Å². The van der Waals surface area contributed by atoms with Gasteiger partial charge in [0, 0.05) is 27.4 Å². The van der Waals surface area contributed by atoms with Gasteiger partial charge in [0.05, 0.1) is 46.0 Å². The molecule has 48 heavy (non-hydrogen) atoms. The maximum atomic E-state index is 10.1. The lowest BCUT2D eigenvalue weighted by Crippen LogP contribution is -1.97. The third-order valence-corrected chi connectivity index (χ3v) is 9.34. The average molecular weight is 611 g/mol. The van der Waals surface area contributed by atoms with Crippen molar-refractivity contribution in [2.75, 3.05) is 0 Å². The Morgan fingerprint density at radius 2 is 1.04 bits per heavy atom. The van der Waals surface area contributed by atoms with Crippen LogP contribution < -0.4 is 0 Å². The lowest BCUT2D eigenvalue weighted by Gasteiger charge is -2.15. The first-order chi connectivity index (χ1) is 23.7. The van der Waals surface area contributed by atoms with E-state index in [2.05, 4.69) is 154 Å². The molecule has 0 bridgehead atoms. The molecule has 4 nitrogen and oxygen atoms in total.